The van der Waals surface area contributed by atoms with E-state index in [1.165, 1.54) is 13.0 Å². The van der Waals surface area contributed by atoms with Gasteiger partial charge < -0.3 is 19.8 Å². The van der Waals surface area contributed by atoms with Crippen molar-refractivity contribution in [2.24, 2.45) is 0 Å². The Bertz CT molecular complexity index is 1800. The highest BCUT2D eigenvalue weighted by molar-refractivity contribution is 5.96. The second kappa shape index (κ2) is 13.6. The molecule has 2 N–H and O–H groups in total. The van der Waals surface area contributed by atoms with Crippen molar-refractivity contribution in [3.63, 3.8) is 0 Å². The molecule has 44 heavy (non-hydrogen) atoms. The Morgan fingerprint density at radius 3 is 2.45 bits per heavy atom. The van der Waals surface area contributed by atoms with E-state index in [9.17, 15) is 18.4 Å². The topological polar surface area (TPSA) is 93.5 Å². The zero-order valence-electron chi connectivity index (χ0n) is 24.5. The van der Waals surface area contributed by atoms with E-state index in [1.807, 2.05) is 42.5 Å². The molecule has 3 aromatic rings. The van der Waals surface area contributed by atoms with Crippen LogP contribution in [-0.2, 0) is 23.8 Å². The molecule has 1 aromatic heterocycles. The van der Waals surface area contributed by atoms with Crippen molar-refractivity contribution >= 4 is 23.0 Å². The van der Waals surface area contributed by atoms with Crippen LogP contribution in [0.1, 0.15) is 63.7 Å². The highest BCUT2D eigenvalue weighted by atomic mass is 19.3. The summed E-state index contributed by atoms with van der Waals surface area (Å²) in [5.41, 5.74) is 4.44. The van der Waals surface area contributed by atoms with Crippen LogP contribution >= 0.6 is 0 Å². The Labute approximate surface area is 254 Å². The largest absolute Gasteiger partial charge is 0.436 e. The molecule has 2 aliphatic carbocycles. The molecule has 0 fully saturated rings. The third-order valence-corrected chi connectivity index (χ3v) is 7.38. The number of hydrogen-bond donors (Lipinski definition) is 2. The average molecular weight is 598 g/mol. The van der Waals surface area contributed by atoms with Gasteiger partial charge >= 0.3 is 0 Å². The number of halogens is 2. The quantitative estimate of drug-likeness (QED) is 0.347. The van der Waals surface area contributed by atoms with E-state index in [4.69, 9.17) is 9.15 Å². The van der Waals surface area contributed by atoms with Crippen molar-refractivity contribution in [1.29, 1.82) is 0 Å². The lowest BCUT2D eigenvalue weighted by molar-refractivity contribution is -0.00926. The first-order chi connectivity index (χ1) is 21.3. The Hall–Kier alpha value is -4.89. The summed E-state index contributed by atoms with van der Waals surface area (Å²) in [6.45, 7) is 1.79. The van der Waals surface area contributed by atoms with Crippen LogP contribution in [0.5, 0.6) is 0 Å². The molecule has 0 saturated heterocycles. The van der Waals surface area contributed by atoms with Gasteiger partial charge in [-0.05, 0) is 42.2 Å². The summed E-state index contributed by atoms with van der Waals surface area (Å²) in [7, 11) is 1.61. The van der Waals surface area contributed by atoms with E-state index >= 15 is 0 Å². The van der Waals surface area contributed by atoms with Crippen LogP contribution in [-0.4, -0.2) is 23.9 Å². The van der Waals surface area contributed by atoms with Gasteiger partial charge in [-0.2, -0.15) is 0 Å². The number of aromatic nitrogens is 1. The maximum Gasteiger partial charge on any atom is 0.274 e. The summed E-state index contributed by atoms with van der Waals surface area (Å²) in [5, 5.41) is 5.66. The third kappa shape index (κ3) is 7.01. The van der Waals surface area contributed by atoms with E-state index in [2.05, 4.69) is 15.6 Å². The first-order valence-corrected chi connectivity index (χ1v) is 14.4. The Balaban J connectivity index is 1.40. The van der Waals surface area contributed by atoms with Crippen LogP contribution in [0.3, 0.4) is 0 Å². The van der Waals surface area contributed by atoms with Crippen LogP contribution in [0.25, 0.3) is 11.1 Å². The van der Waals surface area contributed by atoms with Gasteiger partial charge in [0.15, 0.2) is 11.1 Å². The molecule has 226 valence electrons. The molecule has 2 amide bonds. The van der Waals surface area contributed by atoms with Crippen molar-refractivity contribution in [1.82, 2.24) is 15.6 Å². The van der Waals surface area contributed by atoms with Crippen LogP contribution in [0, 0.1) is 0 Å². The maximum atomic E-state index is 14.6. The lowest BCUT2D eigenvalue weighted by atomic mass is 9.99. The van der Waals surface area contributed by atoms with Gasteiger partial charge in [-0.1, -0.05) is 79.8 Å². The fraction of sp³-hybridized carbons (Fsp3) is 0.229. The SMILES string of the molecule is CCC(F)(F)c1ccccc1CNC(=O)c1nc(=C2C=CC=CC2)oc1=C1C=CC(NC(=O)c2ccc(COC)cc2)=CC1. The Kier molecular flexibility index (Phi) is 9.45. The summed E-state index contributed by atoms with van der Waals surface area (Å²) >= 11 is 0. The van der Waals surface area contributed by atoms with Crippen LogP contribution < -0.4 is 21.6 Å². The maximum absolute atomic E-state index is 14.6. The summed E-state index contributed by atoms with van der Waals surface area (Å²) in [6, 6.07) is 13.3. The number of allylic oxidation sites excluding steroid dienone is 7. The second-order valence-electron chi connectivity index (χ2n) is 10.4. The van der Waals surface area contributed by atoms with E-state index in [1.54, 1.807) is 49.6 Å². The molecule has 9 heteroatoms. The minimum absolute atomic E-state index is 0.0619. The molecule has 0 radical (unpaired) electrons. The van der Waals surface area contributed by atoms with Crippen molar-refractivity contribution in [2.45, 2.75) is 45.3 Å². The standard InChI is InChI=1S/C35H33F2N3O4/c1-3-35(36,37)29-12-8-7-11-27(29)21-38-33(42)30-31(44-34(40-30)26-9-5-4-6-10-26)24-17-19-28(20-18-24)39-32(41)25-15-13-23(14-16-25)22-43-2/h4-9,11-17,19-20H,3,10,18,21-22H2,1-2H3,(H,38,42)(H,39,41). The number of amides is 2. The van der Waals surface area contributed by atoms with E-state index in [0.717, 1.165) is 11.1 Å². The molecule has 1 heterocycles. The Morgan fingerprint density at radius 2 is 1.77 bits per heavy atom. The number of rotatable bonds is 9. The zero-order valence-corrected chi connectivity index (χ0v) is 24.5. The van der Waals surface area contributed by atoms with Crippen molar-refractivity contribution in [2.75, 3.05) is 7.11 Å². The molecular weight excluding hydrogens is 564 g/mol. The number of carbonyl (C=O) groups is 2. The molecule has 5 rings (SSSR count). The van der Waals surface area contributed by atoms with Gasteiger partial charge in [0, 0.05) is 48.0 Å². The zero-order chi connectivity index (χ0) is 31.1. The van der Waals surface area contributed by atoms with Gasteiger partial charge in [-0.15, -0.1) is 0 Å². The number of alkyl halides is 2. The Morgan fingerprint density at radius 1 is 0.977 bits per heavy atom. The normalized spacial score (nSPS) is 17.0. The van der Waals surface area contributed by atoms with E-state index in [-0.39, 0.29) is 35.5 Å². The molecular formula is C35H33F2N3O4. The third-order valence-electron chi connectivity index (χ3n) is 7.38. The average Bonchev–Trinajstić information content (AvgIpc) is 3.51. The summed E-state index contributed by atoms with van der Waals surface area (Å²) in [4.78, 5) is 30.8. The lowest BCUT2D eigenvalue weighted by Gasteiger charge is -2.18. The van der Waals surface area contributed by atoms with Gasteiger partial charge in [0.2, 0.25) is 5.55 Å². The van der Waals surface area contributed by atoms with Gasteiger partial charge in [0.05, 0.1) is 6.61 Å². The van der Waals surface area contributed by atoms with Crippen molar-refractivity contribution in [3.05, 3.63) is 136 Å². The minimum atomic E-state index is -3.01. The number of methoxy groups -OCH3 is 1. The van der Waals surface area contributed by atoms with Crippen molar-refractivity contribution < 1.29 is 27.5 Å². The molecule has 0 saturated carbocycles. The molecule has 2 aromatic carbocycles. The van der Waals surface area contributed by atoms with Crippen LogP contribution in [0.2, 0.25) is 0 Å². The summed E-state index contributed by atoms with van der Waals surface area (Å²) < 4.78 is 40.4. The second-order valence-corrected chi connectivity index (χ2v) is 10.4. The van der Waals surface area contributed by atoms with Crippen molar-refractivity contribution in [3.8, 4) is 0 Å². The summed E-state index contributed by atoms with van der Waals surface area (Å²) in [6.07, 6.45) is 13.6. The van der Waals surface area contributed by atoms with Gasteiger partial charge in [0.25, 0.3) is 17.7 Å². The minimum Gasteiger partial charge on any atom is -0.436 e. The van der Waals surface area contributed by atoms with Gasteiger partial charge in [0.1, 0.15) is 0 Å². The molecule has 0 unspecified atom stereocenters. The molecule has 0 aliphatic heterocycles. The number of ether oxygens (including phenoxy) is 1. The number of nitrogens with zero attached hydrogens (tertiary/aromatic N) is 1. The fourth-order valence-electron chi connectivity index (χ4n) is 4.91. The molecule has 0 bridgehead atoms. The smallest absolute Gasteiger partial charge is 0.274 e. The lowest BCUT2D eigenvalue weighted by Crippen LogP contribution is -2.30. The molecule has 0 spiro atoms. The predicted molar refractivity (Wildman–Crippen MR) is 164 cm³/mol. The highest BCUT2D eigenvalue weighted by Gasteiger charge is 2.31. The number of nitrogens with one attached hydrogen (secondary N) is 2. The van der Waals surface area contributed by atoms with Gasteiger partial charge in [-0.3, -0.25) is 9.59 Å². The van der Waals surface area contributed by atoms with Gasteiger partial charge in [-0.25, -0.2) is 13.8 Å². The van der Waals surface area contributed by atoms with E-state index in [0.29, 0.717) is 47.4 Å². The van der Waals surface area contributed by atoms with Crippen LogP contribution in [0.15, 0.2) is 101 Å². The van der Waals surface area contributed by atoms with Crippen LogP contribution in [0.4, 0.5) is 8.78 Å². The number of benzene rings is 2. The number of hydrogen-bond acceptors (Lipinski definition) is 5. The van der Waals surface area contributed by atoms with E-state index < -0.39 is 11.8 Å². The fourth-order valence-corrected chi connectivity index (χ4v) is 4.91. The monoisotopic (exact) mass is 597 g/mol. The molecule has 0 atom stereocenters. The number of oxazole rings is 1. The first-order valence-electron chi connectivity index (χ1n) is 14.4. The molecule has 7 nitrogen and oxygen atoms in total. The predicted octanol–water partition coefficient (Wildman–Crippen LogP) is 5.34. The summed E-state index contributed by atoms with van der Waals surface area (Å²) in [5.74, 6) is -3.81. The first kappa shape index (κ1) is 30.6. The highest BCUT2D eigenvalue weighted by Crippen LogP contribution is 2.33. The molecule has 2 aliphatic rings. The number of carbonyl (C=O) groups excluding carboxylic acids is 2.